The van der Waals surface area contributed by atoms with Gasteiger partial charge in [0.25, 0.3) is 0 Å². The molecule has 0 saturated heterocycles. The molecular weight excluding hydrogens is 1080 g/mol. The molecule has 0 saturated carbocycles. The maximum atomic E-state index is 15.0. The molecule has 0 bridgehead atoms. The highest BCUT2D eigenvalue weighted by Crippen LogP contribution is 2.49. The lowest BCUT2D eigenvalue weighted by atomic mass is 9.84. The molecule has 1 unspecified atom stereocenters. The minimum atomic E-state index is -1.43. The van der Waals surface area contributed by atoms with E-state index in [1.165, 1.54) is 4.90 Å². The second-order valence-electron chi connectivity index (χ2n) is 23.1. The Balaban J connectivity index is 0.972. The molecule has 0 radical (unpaired) electrons. The molecule has 1 heterocycles. The number of carbonyl (C=O) groups excluding carboxylic acids is 3. The third-order valence-corrected chi connectivity index (χ3v) is 18.7. The first-order valence-corrected chi connectivity index (χ1v) is 33.8. The van der Waals surface area contributed by atoms with Gasteiger partial charge in [-0.1, -0.05) is 234 Å². The lowest BCUT2D eigenvalue weighted by molar-refractivity contribution is -0.146. The van der Waals surface area contributed by atoms with Crippen LogP contribution in [-0.2, 0) is 48.2 Å². The summed E-state index contributed by atoms with van der Waals surface area (Å²) < 4.78 is 11.5. The summed E-state index contributed by atoms with van der Waals surface area (Å²) in [6, 6.07) is 66.0. The van der Waals surface area contributed by atoms with Crippen LogP contribution in [0.25, 0.3) is 21.9 Å². The number of allylic oxidation sites excluding steroid dienone is 1. The predicted molar refractivity (Wildman–Crippen MR) is 340 cm³/mol. The molecule has 1 aromatic heterocycles. The number of nitrogens with one attached hydrogen (secondary N) is 1. The van der Waals surface area contributed by atoms with Gasteiger partial charge in [-0.2, -0.15) is 0 Å². The fraction of sp³-hybridized carbons (Fsp3) is 0.282. The van der Waals surface area contributed by atoms with Crippen molar-refractivity contribution in [2.24, 2.45) is 5.92 Å². The molecule has 84 heavy (non-hydrogen) atoms. The largest absolute Gasteiger partial charge is 0.480 e. The number of pyridine rings is 1. The first-order valence-electron chi connectivity index (χ1n) is 29.1. The van der Waals surface area contributed by atoms with Crippen molar-refractivity contribution in [2.75, 3.05) is 25.5 Å². The zero-order valence-electron chi connectivity index (χ0n) is 48.7. The van der Waals surface area contributed by atoms with Gasteiger partial charge in [0.05, 0.1) is 48.3 Å². The molecule has 13 heteroatoms. The monoisotopic (exact) mass is 1160 g/mol. The Morgan fingerprint density at radius 3 is 1.85 bits per heavy atom. The van der Waals surface area contributed by atoms with E-state index < -0.39 is 48.8 Å². The summed E-state index contributed by atoms with van der Waals surface area (Å²) in [5.41, 5.74) is 9.91. The van der Waals surface area contributed by atoms with E-state index in [9.17, 15) is 24.3 Å². The SMILES string of the molecule is CC(C)[C@@H](C(=O)O)N(C(=O)OCC1c2ccccc2-c2ccccc21)C(C=CCCSC(c1ccccc1)(c1ccccc1)c1ccccc1)CC(=O)NCc1cccc(CN(CC(=O)OCC[Si](C)(C)C)Cc2cccc3ccccc23)n1. The van der Waals surface area contributed by atoms with Gasteiger partial charge in [0, 0.05) is 27.1 Å². The van der Waals surface area contributed by atoms with Gasteiger partial charge < -0.3 is 19.9 Å². The van der Waals surface area contributed by atoms with Gasteiger partial charge >= 0.3 is 18.0 Å². The van der Waals surface area contributed by atoms with Crippen LogP contribution in [0.2, 0.25) is 25.7 Å². The van der Waals surface area contributed by atoms with Gasteiger partial charge in [-0.05, 0) is 91.5 Å². The molecule has 11 nitrogen and oxygen atoms in total. The highest BCUT2D eigenvalue weighted by Gasteiger charge is 2.40. The molecule has 2 atom stereocenters. The quantitative estimate of drug-likeness (QED) is 0.0168. The molecular formula is C71H76N4O7SSi. The highest BCUT2D eigenvalue weighted by atomic mass is 32.2. The van der Waals surface area contributed by atoms with E-state index in [1.807, 2.05) is 102 Å². The van der Waals surface area contributed by atoms with Gasteiger partial charge in [0.15, 0.2) is 0 Å². The van der Waals surface area contributed by atoms with Crippen LogP contribution in [0.15, 0.2) is 212 Å². The van der Waals surface area contributed by atoms with E-state index >= 15 is 0 Å². The molecule has 432 valence electrons. The fourth-order valence-electron chi connectivity index (χ4n) is 11.3. The average molecular weight is 1160 g/mol. The van der Waals surface area contributed by atoms with Crippen molar-refractivity contribution in [3.63, 3.8) is 0 Å². The number of carboxylic acid groups (broad SMARTS) is 1. The van der Waals surface area contributed by atoms with Crippen LogP contribution in [-0.4, -0.2) is 89.5 Å². The Morgan fingerprint density at radius 1 is 0.679 bits per heavy atom. The summed E-state index contributed by atoms with van der Waals surface area (Å²) in [6.45, 7) is 11.6. The Kier molecular flexibility index (Phi) is 20.5. The molecule has 7 aromatic carbocycles. The molecule has 8 aromatic rings. The minimum absolute atomic E-state index is 0.0330. The van der Waals surface area contributed by atoms with Crippen molar-refractivity contribution in [3.8, 4) is 11.1 Å². The Bertz CT molecular complexity index is 3390. The first-order chi connectivity index (χ1) is 40.7. The Morgan fingerprint density at radius 2 is 1.24 bits per heavy atom. The molecule has 1 aliphatic rings. The highest BCUT2D eigenvalue weighted by molar-refractivity contribution is 8.00. The summed E-state index contributed by atoms with van der Waals surface area (Å²) in [4.78, 5) is 64.6. The van der Waals surface area contributed by atoms with Gasteiger partial charge in [0.1, 0.15) is 12.6 Å². The number of esters is 1. The number of hydrogen-bond donors (Lipinski definition) is 2. The number of aliphatic carboxylic acids is 1. The molecule has 2 N–H and O–H groups in total. The normalized spacial score (nSPS) is 13.1. The Hall–Kier alpha value is -8.10. The molecule has 1 aliphatic carbocycles. The lowest BCUT2D eigenvalue weighted by Crippen LogP contribution is -2.54. The van der Waals surface area contributed by atoms with Crippen molar-refractivity contribution in [3.05, 3.63) is 257 Å². The van der Waals surface area contributed by atoms with Crippen LogP contribution in [0.4, 0.5) is 4.79 Å². The van der Waals surface area contributed by atoms with E-state index in [4.69, 9.17) is 14.5 Å². The number of rotatable bonds is 27. The van der Waals surface area contributed by atoms with E-state index in [-0.39, 0.29) is 38.0 Å². The molecule has 0 spiro atoms. The van der Waals surface area contributed by atoms with Gasteiger partial charge in [-0.3, -0.25) is 24.4 Å². The zero-order valence-corrected chi connectivity index (χ0v) is 50.6. The maximum Gasteiger partial charge on any atom is 0.411 e. The predicted octanol–water partition coefficient (Wildman–Crippen LogP) is 14.5. The van der Waals surface area contributed by atoms with Gasteiger partial charge in [-0.25, -0.2) is 9.59 Å². The van der Waals surface area contributed by atoms with Crippen LogP contribution in [0.3, 0.4) is 0 Å². The van der Waals surface area contributed by atoms with Gasteiger partial charge in [0.2, 0.25) is 5.91 Å². The van der Waals surface area contributed by atoms with E-state index in [2.05, 4.69) is 134 Å². The van der Waals surface area contributed by atoms with E-state index in [0.717, 1.165) is 61.3 Å². The number of hydrogen-bond acceptors (Lipinski definition) is 9. The fourth-order valence-corrected chi connectivity index (χ4v) is 13.5. The topological polar surface area (TPSA) is 138 Å². The van der Waals surface area contributed by atoms with Crippen molar-refractivity contribution in [2.45, 2.75) is 94.8 Å². The average Bonchev–Trinajstić information content (AvgIpc) is 2.67. The third kappa shape index (κ3) is 15.2. The van der Waals surface area contributed by atoms with Crippen LogP contribution in [0, 0.1) is 5.92 Å². The van der Waals surface area contributed by atoms with Crippen molar-refractivity contribution in [1.29, 1.82) is 0 Å². The summed E-state index contributed by atoms with van der Waals surface area (Å²) >= 11 is 1.79. The van der Waals surface area contributed by atoms with Crippen LogP contribution < -0.4 is 5.32 Å². The number of benzene rings is 7. The van der Waals surface area contributed by atoms with Crippen molar-refractivity contribution in [1.82, 2.24) is 20.1 Å². The lowest BCUT2D eigenvalue weighted by Gasteiger charge is -2.36. The number of carboxylic acids is 1. The second-order valence-corrected chi connectivity index (χ2v) is 30.0. The number of nitrogens with zero attached hydrogens (tertiary/aromatic N) is 3. The maximum absolute atomic E-state index is 15.0. The summed E-state index contributed by atoms with van der Waals surface area (Å²) in [7, 11) is -1.43. The molecule has 9 rings (SSSR count). The van der Waals surface area contributed by atoms with E-state index in [1.54, 1.807) is 31.7 Å². The summed E-state index contributed by atoms with van der Waals surface area (Å²) in [5, 5.41) is 16.2. The van der Waals surface area contributed by atoms with Crippen LogP contribution in [0.1, 0.15) is 77.4 Å². The summed E-state index contributed by atoms with van der Waals surface area (Å²) in [5.74, 6) is -2.12. The smallest absolute Gasteiger partial charge is 0.411 e. The zero-order chi connectivity index (χ0) is 59.1. The van der Waals surface area contributed by atoms with E-state index in [0.29, 0.717) is 43.3 Å². The number of thioether (sulfide) groups is 1. The number of carbonyl (C=O) groups is 4. The standard InChI is InChI=1S/C71H76N4O7SSi/c1-51(2)68(69(78)79)75(70(80)82-50-65-63-40-19-17-38-61(63)62-39-18-20-41-64(62)65)59(36-21-22-43-83-71(54-28-9-6-10-29-54,55-30-11-7-12-31-55)56-32-13-8-14-33-56)45-66(76)72-46-57-34-24-35-58(73-57)48-74(49-67(77)81-42-44-84(3,4)5)47-53-27-23-26-52-25-15-16-37-60(52)53/h6-21,23-41,51,59,65,68H,22,42-50H2,1-5H3,(H,72,76)(H,78,79)/t59?,68-/m0/s1. The minimum Gasteiger partial charge on any atom is -0.480 e. The molecule has 0 aliphatic heterocycles. The first kappa shape index (κ1) is 60.5. The number of fused-ring (bicyclic) bond motifs is 4. The summed E-state index contributed by atoms with van der Waals surface area (Å²) in [6.07, 6.45) is 3.20. The number of ether oxygens (including phenoxy) is 2. The van der Waals surface area contributed by atoms with Crippen LogP contribution >= 0.6 is 11.8 Å². The molecule has 0 fully saturated rings. The second kappa shape index (κ2) is 28.5. The number of aromatic nitrogens is 1. The van der Waals surface area contributed by atoms with Gasteiger partial charge in [-0.15, -0.1) is 11.8 Å². The molecule has 2 amide bonds. The Labute approximate surface area is 500 Å². The van der Waals surface area contributed by atoms with Crippen molar-refractivity contribution >= 4 is 54.5 Å². The van der Waals surface area contributed by atoms with Crippen molar-refractivity contribution < 1.29 is 33.8 Å². The third-order valence-electron chi connectivity index (χ3n) is 15.4. The number of amides is 2. The van der Waals surface area contributed by atoms with Crippen LogP contribution in [0.5, 0.6) is 0 Å².